The second kappa shape index (κ2) is 4.49. The van der Waals surface area contributed by atoms with Gasteiger partial charge in [-0.2, -0.15) is 0 Å². The van der Waals surface area contributed by atoms with Crippen LogP contribution in [0.25, 0.3) is 0 Å². The number of pyridine rings is 1. The number of hydrogen-bond donors (Lipinski definition) is 1. The molecule has 0 saturated carbocycles. The molecular formula is C14H12N2O2. The van der Waals surface area contributed by atoms with Crippen LogP contribution in [0.4, 0.5) is 0 Å². The quantitative estimate of drug-likeness (QED) is 0.871. The van der Waals surface area contributed by atoms with Crippen molar-refractivity contribution < 1.29 is 4.74 Å². The summed E-state index contributed by atoms with van der Waals surface area (Å²) < 4.78 is 5.54. The van der Waals surface area contributed by atoms with E-state index in [9.17, 15) is 4.79 Å². The molecule has 1 atom stereocenters. The third kappa shape index (κ3) is 2.05. The second-order valence-electron chi connectivity index (χ2n) is 4.11. The molecule has 0 saturated heterocycles. The van der Waals surface area contributed by atoms with Crippen molar-refractivity contribution in [1.29, 1.82) is 0 Å². The van der Waals surface area contributed by atoms with Crippen LogP contribution < -0.4 is 5.43 Å². The van der Waals surface area contributed by atoms with E-state index in [0.717, 1.165) is 5.56 Å². The number of nitrogens with zero attached hydrogens (tertiary/aromatic N) is 1. The van der Waals surface area contributed by atoms with Gasteiger partial charge in [0.15, 0.2) is 5.43 Å². The van der Waals surface area contributed by atoms with E-state index in [2.05, 4.69) is 9.98 Å². The maximum Gasteiger partial charge on any atom is 0.234 e. The maximum atomic E-state index is 11.3. The number of aliphatic imine (C=N–C) groups is 1. The number of H-pyrrole nitrogens is 1. The molecule has 0 fully saturated rings. The zero-order valence-electron chi connectivity index (χ0n) is 9.67. The van der Waals surface area contributed by atoms with Crippen LogP contribution in [0.2, 0.25) is 0 Å². The lowest BCUT2D eigenvalue weighted by molar-refractivity contribution is 0.319. The highest BCUT2D eigenvalue weighted by Crippen LogP contribution is 2.23. The number of aromatic nitrogens is 1. The Morgan fingerprint density at radius 3 is 2.83 bits per heavy atom. The molecule has 0 amide bonds. The average molecular weight is 240 g/mol. The minimum atomic E-state index is -0.0572. The topological polar surface area (TPSA) is 54.5 Å². The van der Waals surface area contributed by atoms with Gasteiger partial charge in [-0.25, -0.2) is 4.99 Å². The Morgan fingerprint density at radius 2 is 2.06 bits per heavy atom. The molecule has 18 heavy (non-hydrogen) atoms. The SMILES string of the molecule is O=c1cc[nH]c(C2=NC(c3ccccc3)CO2)c1. The van der Waals surface area contributed by atoms with Gasteiger partial charge in [0.1, 0.15) is 18.3 Å². The van der Waals surface area contributed by atoms with E-state index in [1.54, 1.807) is 6.20 Å². The van der Waals surface area contributed by atoms with Gasteiger partial charge in [0.05, 0.1) is 0 Å². The van der Waals surface area contributed by atoms with Crippen LogP contribution in [0.1, 0.15) is 17.3 Å². The fraction of sp³-hybridized carbons (Fsp3) is 0.143. The highest BCUT2D eigenvalue weighted by atomic mass is 16.5. The van der Waals surface area contributed by atoms with Crippen molar-refractivity contribution in [2.75, 3.05) is 6.61 Å². The number of ether oxygens (including phenoxy) is 1. The largest absolute Gasteiger partial charge is 0.474 e. The lowest BCUT2D eigenvalue weighted by Gasteiger charge is -2.03. The van der Waals surface area contributed by atoms with Gasteiger partial charge in [-0.05, 0) is 5.56 Å². The van der Waals surface area contributed by atoms with Crippen LogP contribution in [0.3, 0.4) is 0 Å². The van der Waals surface area contributed by atoms with Crippen LogP contribution in [-0.2, 0) is 4.74 Å². The highest BCUT2D eigenvalue weighted by Gasteiger charge is 2.21. The van der Waals surface area contributed by atoms with E-state index in [4.69, 9.17) is 4.74 Å². The first-order valence-corrected chi connectivity index (χ1v) is 5.77. The Bertz CT molecular complexity index is 631. The smallest absolute Gasteiger partial charge is 0.234 e. The third-order valence-corrected chi connectivity index (χ3v) is 2.84. The molecular weight excluding hydrogens is 228 g/mol. The minimum absolute atomic E-state index is 0.00454. The first-order valence-electron chi connectivity index (χ1n) is 5.77. The molecule has 1 aromatic carbocycles. The van der Waals surface area contributed by atoms with Gasteiger partial charge in [-0.15, -0.1) is 0 Å². The van der Waals surface area contributed by atoms with Crippen LogP contribution in [0.5, 0.6) is 0 Å². The zero-order valence-corrected chi connectivity index (χ0v) is 9.67. The van der Waals surface area contributed by atoms with Crippen molar-refractivity contribution in [2.24, 2.45) is 4.99 Å². The molecule has 0 bridgehead atoms. The number of rotatable bonds is 2. The maximum absolute atomic E-state index is 11.3. The van der Waals surface area contributed by atoms with Gasteiger partial charge >= 0.3 is 0 Å². The monoisotopic (exact) mass is 240 g/mol. The number of benzene rings is 1. The normalized spacial score (nSPS) is 18.2. The zero-order chi connectivity index (χ0) is 12.4. The molecule has 1 aliphatic rings. The van der Waals surface area contributed by atoms with Crippen molar-refractivity contribution in [1.82, 2.24) is 4.98 Å². The van der Waals surface area contributed by atoms with E-state index >= 15 is 0 Å². The summed E-state index contributed by atoms with van der Waals surface area (Å²) in [6.45, 7) is 0.510. The van der Waals surface area contributed by atoms with Crippen molar-refractivity contribution in [3.8, 4) is 0 Å². The van der Waals surface area contributed by atoms with Gasteiger partial charge in [0.25, 0.3) is 0 Å². The fourth-order valence-electron chi connectivity index (χ4n) is 1.94. The van der Waals surface area contributed by atoms with Gasteiger partial charge in [0, 0.05) is 18.3 Å². The number of nitrogens with one attached hydrogen (secondary N) is 1. The molecule has 1 aliphatic heterocycles. The molecule has 1 unspecified atom stereocenters. The first kappa shape index (κ1) is 10.8. The molecule has 0 radical (unpaired) electrons. The summed E-state index contributed by atoms with van der Waals surface area (Å²) in [4.78, 5) is 18.7. The molecule has 0 spiro atoms. The molecule has 1 N–H and O–H groups in total. The van der Waals surface area contributed by atoms with Crippen molar-refractivity contribution in [3.63, 3.8) is 0 Å². The Hall–Kier alpha value is -2.36. The van der Waals surface area contributed by atoms with Gasteiger partial charge in [-0.1, -0.05) is 30.3 Å². The first-order chi connectivity index (χ1) is 8.83. The van der Waals surface area contributed by atoms with E-state index in [1.165, 1.54) is 12.1 Å². The van der Waals surface area contributed by atoms with E-state index in [0.29, 0.717) is 18.2 Å². The highest BCUT2D eigenvalue weighted by molar-refractivity contribution is 5.93. The van der Waals surface area contributed by atoms with Gasteiger partial charge < -0.3 is 9.72 Å². The van der Waals surface area contributed by atoms with Crippen molar-refractivity contribution >= 4 is 5.90 Å². The summed E-state index contributed by atoms with van der Waals surface area (Å²) in [7, 11) is 0. The molecule has 2 aromatic rings. The molecule has 3 rings (SSSR count). The fourth-order valence-corrected chi connectivity index (χ4v) is 1.94. The predicted molar refractivity (Wildman–Crippen MR) is 68.7 cm³/mol. The molecule has 4 heteroatoms. The molecule has 1 aromatic heterocycles. The Kier molecular flexibility index (Phi) is 2.68. The lowest BCUT2D eigenvalue weighted by atomic mass is 10.1. The Balaban J connectivity index is 1.91. The molecule has 2 heterocycles. The summed E-state index contributed by atoms with van der Waals surface area (Å²) in [6, 6.07) is 12.9. The van der Waals surface area contributed by atoms with E-state index in [1.807, 2.05) is 30.3 Å². The van der Waals surface area contributed by atoms with E-state index < -0.39 is 0 Å². The summed E-state index contributed by atoms with van der Waals surface area (Å²) in [5.41, 5.74) is 1.69. The molecule has 0 aliphatic carbocycles. The third-order valence-electron chi connectivity index (χ3n) is 2.84. The summed E-state index contributed by atoms with van der Waals surface area (Å²) >= 11 is 0. The Morgan fingerprint density at radius 1 is 1.22 bits per heavy atom. The number of aromatic amines is 1. The summed E-state index contributed by atoms with van der Waals surface area (Å²) in [5.74, 6) is 0.501. The number of hydrogen-bond acceptors (Lipinski definition) is 3. The van der Waals surface area contributed by atoms with Crippen molar-refractivity contribution in [3.05, 3.63) is 70.1 Å². The van der Waals surface area contributed by atoms with Crippen LogP contribution in [-0.4, -0.2) is 17.5 Å². The Labute approximate surface area is 104 Å². The van der Waals surface area contributed by atoms with Crippen LogP contribution in [0.15, 0.2) is 58.4 Å². The lowest BCUT2D eigenvalue weighted by Crippen LogP contribution is -2.08. The van der Waals surface area contributed by atoms with Gasteiger partial charge in [0.2, 0.25) is 5.90 Å². The molecule has 90 valence electrons. The van der Waals surface area contributed by atoms with Gasteiger partial charge in [-0.3, -0.25) is 4.79 Å². The summed E-state index contributed by atoms with van der Waals surface area (Å²) in [5, 5.41) is 0. The van der Waals surface area contributed by atoms with E-state index in [-0.39, 0.29) is 11.5 Å². The van der Waals surface area contributed by atoms with Crippen LogP contribution in [0, 0.1) is 0 Å². The average Bonchev–Trinajstić information content (AvgIpc) is 2.89. The second-order valence-corrected chi connectivity index (χ2v) is 4.11. The summed E-state index contributed by atoms with van der Waals surface area (Å²) in [6.07, 6.45) is 1.60. The minimum Gasteiger partial charge on any atom is -0.474 e. The standard InChI is InChI=1S/C14H12N2O2/c17-11-6-7-15-12(8-11)14-16-13(9-18-14)10-4-2-1-3-5-10/h1-8,13H,9H2,(H,15,17). The van der Waals surface area contributed by atoms with Crippen LogP contribution >= 0.6 is 0 Å². The predicted octanol–water partition coefficient (Wildman–Crippen LogP) is 1.89. The molecule has 4 nitrogen and oxygen atoms in total. The van der Waals surface area contributed by atoms with Crippen molar-refractivity contribution in [2.45, 2.75) is 6.04 Å².